The number of halogens is 3. The summed E-state index contributed by atoms with van der Waals surface area (Å²) in [6, 6.07) is 3.57. The van der Waals surface area contributed by atoms with Crippen LogP contribution in [-0.4, -0.2) is 37.1 Å². The number of rotatable bonds is 9. The lowest BCUT2D eigenvalue weighted by molar-refractivity contribution is -0.115. The Morgan fingerprint density at radius 1 is 1.24 bits per heavy atom. The Morgan fingerprint density at radius 3 is 2.48 bits per heavy atom. The molecule has 0 atom stereocenters. The van der Waals surface area contributed by atoms with E-state index >= 15 is 0 Å². The number of carbonyl (C=O) groups is 1. The highest BCUT2D eigenvalue weighted by atomic mass is 19.2. The molecule has 2 N–H and O–H groups in total. The van der Waals surface area contributed by atoms with E-state index in [0.29, 0.717) is 48.9 Å². The fourth-order valence-corrected chi connectivity index (χ4v) is 3.70. The van der Waals surface area contributed by atoms with Gasteiger partial charge in [-0.25, -0.2) is 18.2 Å². The Hall–Kier alpha value is -3.23. The lowest BCUT2D eigenvalue weighted by Crippen LogP contribution is -2.37. The summed E-state index contributed by atoms with van der Waals surface area (Å²) in [5, 5.41) is 6.41. The molecule has 178 valence electrons. The Kier molecular flexibility index (Phi) is 7.84. The normalized spacial score (nSPS) is 17.8. The summed E-state index contributed by atoms with van der Waals surface area (Å²) >= 11 is 0. The van der Waals surface area contributed by atoms with Gasteiger partial charge in [-0.3, -0.25) is 4.79 Å². The predicted molar refractivity (Wildman–Crippen MR) is 123 cm³/mol. The SMILES string of the molecule is C/C=C(/C)C(=O)N(CC)c1cnc(NC[C@H]2C[C@H](Oc3cc(F)c(F)c(F)c3)C2)cc1NC. The molecule has 0 saturated heterocycles. The summed E-state index contributed by atoms with van der Waals surface area (Å²) in [4.78, 5) is 18.8. The first-order valence-corrected chi connectivity index (χ1v) is 10.9. The van der Waals surface area contributed by atoms with E-state index in [1.54, 1.807) is 31.1 Å². The van der Waals surface area contributed by atoms with Gasteiger partial charge in [0.25, 0.3) is 5.91 Å². The van der Waals surface area contributed by atoms with Gasteiger partial charge < -0.3 is 20.3 Å². The number of hydrogen-bond acceptors (Lipinski definition) is 5. The summed E-state index contributed by atoms with van der Waals surface area (Å²) in [7, 11) is 1.79. The number of nitrogens with one attached hydrogen (secondary N) is 2. The van der Waals surface area contributed by atoms with Gasteiger partial charge in [0.2, 0.25) is 0 Å². The molecule has 2 aromatic rings. The number of amides is 1. The van der Waals surface area contributed by atoms with Gasteiger partial charge in [-0.05, 0) is 39.5 Å². The summed E-state index contributed by atoms with van der Waals surface area (Å²) < 4.78 is 45.2. The molecule has 1 aromatic heterocycles. The van der Waals surface area contributed by atoms with E-state index in [1.807, 2.05) is 19.9 Å². The maximum Gasteiger partial charge on any atom is 0.253 e. The molecular weight excluding hydrogens is 433 g/mol. The number of allylic oxidation sites excluding steroid dienone is 1. The second-order valence-corrected chi connectivity index (χ2v) is 8.02. The highest BCUT2D eigenvalue weighted by Crippen LogP contribution is 2.33. The Morgan fingerprint density at radius 2 is 1.91 bits per heavy atom. The minimum absolute atomic E-state index is 0.0121. The zero-order valence-electron chi connectivity index (χ0n) is 19.2. The van der Waals surface area contributed by atoms with Crippen LogP contribution in [0, 0.1) is 23.4 Å². The molecule has 0 spiro atoms. The van der Waals surface area contributed by atoms with Crippen LogP contribution in [0.1, 0.15) is 33.6 Å². The third-order valence-electron chi connectivity index (χ3n) is 5.80. The van der Waals surface area contributed by atoms with Crippen LogP contribution in [0.25, 0.3) is 0 Å². The number of nitrogens with zero attached hydrogens (tertiary/aromatic N) is 2. The van der Waals surface area contributed by atoms with Crippen molar-refractivity contribution in [2.24, 2.45) is 5.92 Å². The van der Waals surface area contributed by atoms with E-state index in [-0.39, 0.29) is 17.8 Å². The molecule has 0 aliphatic heterocycles. The van der Waals surface area contributed by atoms with Gasteiger partial charge in [0.05, 0.1) is 23.7 Å². The second kappa shape index (κ2) is 10.6. The zero-order chi connectivity index (χ0) is 24.1. The van der Waals surface area contributed by atoms with Gasteiger partial charge in [0.15, 0.2) is 17.5 Å². The van der Waals surface area contributed by atoms with E-state index in [4.69, 9.17) is 4.74 Å². The van der Waals surface area contributed by atoms with Crippen LogP contribution in [0.15, 0.2) is 36.0 Å². The van der Waals surface area contributed by atoms with Crippen LogP contribution in [-0.2, 0) is 4.79 Å². The Balaban J connectivity index is 1.56. The number of ether oxygens (including phenoxy) is 1. The maximum absolute atomic E-state index is 13.3. The third-order valence-corrected chi connectivity index (χ3v) is 5.80. The number of pyridine rings is 1. The minimum atomic E-state index is -1.50. The fraction of sp³-hybridized carbons (Fsp3) is 0.417. The van der Waals surface area contributed by atoms with Crippen LogP contribution in [0.3, 0.4) is 0 Å². The summed E-state index contributed by atoms with van der Waals surface area (Å²) in [6.07, 6.45) is 4.68. The fourth-order valence-electron chi connectivity index (χ4n) is 3.70. The lowest BCUT2D eigenvalue weighted by atomic mass is 9.82. The number of benzene rings is 1. The standard InChI is InChI=1S/C24H29F3N4O2/c1-5-14(3)24(32)31(6-2)21-13-30-22(11-20(21)28-4)29-12-15-7-16(8-15)33-17-9-18(25)23(27)19(26)10-17/h5,9-11,13,15-16H,6-8,12H2,1-4H3,(H2,28,29,30)/b14-5-/t15-,16-. The highest BCUT2D eigenvalue weighted by Gasteiger charge is 2.31. The average Bonchev–Trinajstić information content (AvgIpc) is 2.78. The zero-order valence-corrected chi connectivity index (χ0v) is 19.2. The van der Waals surface area contributed by atoms with Crippen molar-refractivity contribution in [3.05, 3.63) is 53.5 Å². The summed E-state index contributed by atoms with van der Waals surface area (Å²) in [5.41, 5.74) is 2.14. The van der Waals surface area contributed by atoms with Crippen molar-refractivity contribution < 1.29 is 22.7 Å². The topological polar surface area (TPSA) is 66.5 Å². The number of carbonyl (C=O) groups excluding carboxylic acids is 1. The van der Waals surface area contributed by atoms with Gasteiger partial charge >= 0.3 is 0 Å². The molecule has 1 amide bonds. The second-order valence-electron chi connectivity index (χ2n) is 8.02. The molecule has 3 rings (SSSR count). The van der Waals surface area contributed by atoms with Gasteiger partial charge in [0, 0.05) is 43.9 Å². The highest BCUT2D eigenvalue weighted by molar-refractivity contribution is 6.06. The molecule has 1 saturated carbocycles. The Labute approximate surface area is 191 Å². The molecule has 6 nitrogen and oxygen atoms in total. The van der Waals surface area contributed by atoms with E-state index in [1.165, 1.54) is 0 Å². The van der Waals surface area contributed by atoms with Crippen LogP contribution >= 0.6 is 0 Å². The monoisotopic (exact) mass is 462 g/mol. The van der Waals surface area contributed by atoms with Crippen molar-refractivity contribution in [3.8, 4) is 5.75 Å². The molecular formula is C24H29F3N4O2. The minimum Gasteiger partial charge on any atom is -0.490 e. The molecule has 1 aliphatic carbocycles. The molecule has 1 heterocycles. The number of aromatic nitrogens is 1. The van der Waals surface area contributed by atoms with Gasteiger partial charge in [-0.2, -0.15) is 0 Å². The number of anilines is 3. The van der Waals surface area contributed by atoms with Gasteiger partial charge in [-0.15, -0.1) is 0 Å². The van der Waals surface area contributed by atoms with Crippen LogP contribution in [0.2, 0.25) is 0 Å². The first-order valence-electron chi connectivity index (χ1n) is 10.9. The van der Waals surface area contributed by atoms with E-state index < -0.39 is 17.5 Å². The van der Waals surface area contributed by atoms with Gasteiger partial charge in [-0.1, -0.05) is 6.08 Å². The third kappa shape index (κ3) is 5.58. The van der Waals surface area contributed by atoms with Crippen molar-refractivity contribution in [2.45, 2.75) is 39.7 Å². The van der Waals surface area contributed by atoms with Crippen molar-refractivity contribution in [2.75, 3.05) is 35.7 Å². The van der Waals surface area contributed by atoms with Crippen LogP contribution in [0.5, 0.6) is 5.75 Å². The summed E-state index contributed by atoms with van der Waals surface area (Å²) in [5.74, 6) is -3.14. The quantitative estimate of drug-likeness (QED) is 0.400. The van der Waals surface area contributed by atoms with Crippen molar-refractivity contribution in [1.29, 1.82) is 0 Å². The van der Waals surface area contributed by atoms with E-state index in [0.717, 1.165) is 17.8 Å². The molecule has 0 radical (unpaired) electrons. The van der Waals surface area contributed by atoms with Crippen molar-refractivity contribution >= 4 is 23.1 Å². The predicted octanol–water partition coefficient (Wildman–Crippen LogP) is 5.13. The molecule has 0 bridgehead atoms. The van der Waals surface area contributed by atoms with E-state index in [9.17, 15) is 18.0 Å². The lowest BCUT2D eigenvalue weighted by Gasteiger charge is -2.35. The largest absolute Gasteiger partial charge is 0.490 e. The molecule has 9 heteroatoms. The first kappa shape index (κ1) is 24.4. The average molecular weight is 463 g/mol. The number of hydrogen-bond donors (Lipinski definition) is 2. The van der Waals surface area contributed by atoms with Gasteiger partial charge in [0.1, 0.15) is 11.6 Å². The van der Waals surface area contributed by atoms with Crippen LogP contribution < -0.4 is 20.3 Å². The first-order chi connectivity index (χ1) is 15.8. The maximum atomic E-state index is 13.3. The number of likely N-dealkylation sites (N-methyl/N-ethyl adjacent to an activating group) is 1. The van der Waals surface area contributed by atoms with Crippen LogP contribution in [0.4, 0.5) is 30.4 Å². The summed E-state index contributed by atoms with van der Waals surface area (Å²) in [6.45, 7) is 6.69. The van der Waals surface area contributed by atoms with E-state index in [2.05, 4.69) is 15.6 Å². The molecule has 33 heavy (non-hydrogen) atoms. The smallest absolute Gasteiger partial charge is 0.253 e. The Bertz CT molecular complexity index is 1020. The van der Waals surface area contributed by atoms with Crippen molar-refractivity contribution in [3.63, 3.8) is 0 Å². The molecule has 1 aliphatic rings. The molecule has 1 aromatic carbocycles. The van der Waals surface area contributed by atoms with Crippen molar-refractivity contribution in [1.82, 2.24) is 4.98 Å². The molecule has 0 unspecified atom stereocenters. The molecule has 1 fully saturated rings.